The van der Waals surface area contributed by atoms with Crippen molar-refractivity contribution < 1.29 is 20.4 Å². The maximum atomic E-state index is 13.2. The molecule has 0 aliphatic carbocycles. The van der Waals surface area contributed by atoms with Gasteiger partial charge in [0.25, 0.3) is 5.56 Å². The van der Waals surface area contributed by atoms with Crippen molar-refractivity contribution in [1.29, 1.82) is 0 Å². The summed E-state index contributed by atoms with van der Waals surface area (Å²) in [6, 6.07) is 3.64. The first-order chi connectivity index (χ1) is 13.2. The second-order valence-electron chi connectivity index (χ2n) is 6.97. The van der Waals surface area contributed by atoms with Crippen molar-refractivity contribution in [3.05, 3.63) is 46.0 Å². The molecule has 4 N–H and O–H groups in total. The third-order valence-corrected chi connectivity index (χ3v) is 4.94. The van der Waals surface area contributed by atoms with Crippen LogP contribution in [0.4, 0.5) is 0 Å². The minimum atomic E-state index is -1.61. The maximum absolute atomic E-state index is 13.2. The molecule has 0 bridgehead atoms. The molecular formula is C19H24N4O5. The predicted octanol–water partition coefficient (Wildman–Crippen LogP) is -0.511. The molecule has 28 heavy (non-hydrogen) atoms. The first-order valence-electron chi connectivity index (χ1n) is 8.89. The number of benzene rings is 1. The van der Waals surface area contributed by atoms with Crippen LogP contribution in [0.5, 0.6) is 0 Å². The molecule has 0 aliphatic rings. The molecule has 0 saturated carbocycles. The van der Waals surface area contributed by atoms with Crippen LogP contribution in [0.3, 0.4) is 0 Å². The van der Waals surface area contributed by atoms with Crippen LogP contribution < -0.4 is 5.56 Å². The topological polar surface area (TPSA) is 134 Å². The van der Waals surface area contributed by atoms with Crippen LogP contribution in [0.25, 0.3) is 22.6 Å². The summed E-state index contributed by atoms with van der Waals surface area (Å²) in [6.07, 6.45) is -1.34. The van der Waals surface area contributed by atoms with Crippen molar-refractivity contribution in [3.8, 4) is 11.5 Å². The van der Waals surface area contributed by atoms with Gasteiger partial charge < -0.3 is 29.6 Å². The van der Waals surface area contributed by atoms with E-state index in [0.29, 0.717) is 16.9 Å². The summed E-state index contributed by atoms with van der Waals surface area (Å²) < 4.78 is 2.98. The highest BCUT2D eigenvalue weighted by atomic mass is 16.4. The molecule has 9 heteroatoms. The zero-order valence-electron chi connectivity index (χ0n) is 15.9. The average molecular weight is 388 g/mol. The molecule has 0 amide bonds. The lowest BCUT2D eigenvalue weighted by atomic mass is 10.1. The Kier molecular flexibility index (Phi) is 5.61. The predicted molar refractivity (Wildman–Crippen MR) is 103 cm³/mol. The first kappa shape index (κ1) is 20.2. The third kappa shape index (κ3) is 3.57. The quantitative estimate of drug-likeness (QED) is 0.447. The largest absolute Gasteiger partial charge is 0.394 e. The molecule has 2 aromatic heterocycles. The first-order valence-corrected chi connectivity index (χ1v) is 8.89. The lowest BCUT2D eigenvalue weighted by Crippen LogP contribution is -2.43. The van der Waals surface area contributed by atoms with Crippen molar-refractivity contribution in [2.75, 3.05) is 6.61 Å². The molecular weight excluding hydrogens is 364 g/mol. The molecule has 0 spiro atoms. The van der Waals surface area contributed by atoms with E-state index in [0.717, 1.165) is 11.1 Å². The van der Waals surface area contributed by atoms with Gasteiger partial charge in [-0.1, -0.05) is 0 Å². The average Bonchev–Trinajstić information content (AvgIpc) is 3.09. The van der Waals surface area contributed by atoms with Crippen molar-refractivity contribution >= 4 is 11.0 Å². The molecule has 3 atom stereocenters. The standard InChI is InChI=1S/C19H24N4O5/c1-10-6-12-13(7-11(10)2)23(8-14(25)17(27)15(26)9-24)19(28)16(21-12)18-20-4-5-22(18)3/h4-7,14-15,17,24-27H,8-9H2,1-3H3/t14-,15+,17-/m0/s1. The Balaban J connectivity index is 2.21. The lowest BCUT2D eigenvalue weighted by molar-refractivity contribution is -0.0805. The van der Waals surface area contributed by atoms with E-state index in [2.05, 4.69) is 9.97 Å². The number of nitrogens with zero attached hydrogens (tertiary/aromatic N) is 4. The number of aliphatic hydroxyl groups is 4. The van der Waals surface area contributed by atoms with Crippen LogP contribution in [0.1, 0.15) is 11.1 Å². The van der Waals surface area contributed by atoms with Gasteiger partial charge in [0.1, 0.15) is 18.3 Å². The number of aromatic nitrogens is 4. The van der Waals surface area contributed by atoms with Gasteiger partial charge in [-0.05, 0) is 37.1 Å². The van der Waals surface area contributed by atoms with Crippen molar-refractivity contribution in [1.82, 2.24) is 19.1 Å². The molecule has 0 saturated heterocycles. The number of aliphatic hydroxyl groups excluding tert-OH is 4. The summed E-state index contributed by atoms with van der Waals surface area (Å²) in [5.41, 5.74) is 2.62. The van der Waals surface area contributed by atoms with E-state index in [9.17, 15) is 20.1 Å². The number of fused-ring (bicyclic) bond motifs is 1. The normalized spacial score (nSPS) is 15.0. The highest BCUT2D eigenvalue weighted by molar-refractivity contribution is 5.79. The van der Waals surface area contributed by atoms with E-state index in [-0.39, 0.29) is 12.2 Å². The SMILES string of the molecule is Cc1cc2nc(-c3nccn3C)c(=O)n(C[C@H](O)[C@H](O)[C@H](O)CO)c2cc1C. The Labute approximate surface area is 161 Å². The fraction of sp³-hybridized carbons (Fsp3) is 0.421. The molecule has 0 unspecified atom stereocenters. The third-order valence-electron chi connectivity index (χ3n) is 4.94. The Hall–Kier alpha value is -2.59. The second kappa shape index (κ2) is 7.80. The Morgan fingerprint density at radius 1 is 1.11 bits per heavy atom. The van der Waals surface area contributed by atoms with Crippen LogP contribution in [0, 0.1) is 13.8 Å². The van der Waals surface area contributed by atoms with Gasteiger partial charge >= 0.3 is 0 Å². The van der Waals surface area contributed by atoms with E-state index < -0.39 is 30.5 Å². The monoisotopic (exact) mass is 388 g/mol. The molecule has 1 aromatic carbocycles. The van der Waals surface area contributed by atoms with E-state index in [1.165, 1.54) is 4.57 Å². The summed E-state index contributed by atoms with van der Waals surface area (Å²) in [7, 11) is 1.74. The summed E-state index contributed by atoms with van der Waals surface area (Å²) in [6.45, 7) is 2.84. The minimum absolute atomic E-state index is 0.118. The highest BCUT2D eigenvalue weighted by Gasteiger charge is 2.26. The molecule has 0 radical (unpaired) electrons. The van der Waals surface area contributed by atoms with Crippen LogP contribution in [-0.4, -0.2) is 64.4 Å². The number of aryl methyl sites for hydroxylation is 3. The molecule has 2 heterocycles. The summed E-state index contributed by atoms with van der Waals surface area (Å²) in [5, 5.41) is 38.9. The zero-order chi connectivity index (χ0) is 20.6. The highest BCUT2D eigenvalue weighted by Crippen LogP contribution is 2.20. The van der Waals surface area contributed by atoms with Gasteiger partial charge in [-0.3, -0.25) is 4.79 Å². The number of rotatable bonds is 6. The van der Waals surface area contributed by atoms with Gasteiger partial charge in [0, 0.05) is 19.4 Å². The molecule has 0 fully saturated rings. The summed E-state index contributed by atoms with van der Waals surface area (Å²) in [4.78, 5) is 21.9. The van der Waals surface area contributed by atoms with E-state index >= 15 is 0 Å². The minimum Gasteiger partial charge on any atom is -0.394 e. The van der Waals surface area contributed by atoms with Gasteiger partial charge in [0.05, 0.1) is 24.2 Å². The second-order valence-corrected chi connectivity index (χ2v) is 6.97. The van der Waals surface area contributed by atoms with Gasteiger partial charge in [-0.25, -0.2) is 9.97 Å². The molecule has 9 nitrogen and oxygen atoms in total. The van der Waals surface area contributed by atoms with Gasteiger partial charge in [-0.2, -0.15) is 0 Å². The van der Waals surface area contributed by atoms with Crippen LogP contribution in [0.2, 0.25) is 0 Å². The lowest BCUT2D eigenvalue weighted by Gasteiger charge is -2.23. The smallest absolute Gasteiger partial charge is 0.280 e. The van der Waals surface area contributed by atoms with Crippen LogP contribution in [-0.2, 0) is 13.6 Å². The summed E-state index contributed by atoms with van der Waals surface area (Å²) in [5.74, 6) is 0.379. The van der Waals surface area contributed by atoms with Crippen LogP contribution >= 0.6 is 0 Å². The van der Waals surface area contributed by atoms with Crippen LogP contribution in [0.15, 0.2) is 29.3 Å². The molecule has 3 aromatic rings. The zero-order valence-corrected chi connectivity index (χ0v) is 15.9. The molecule has 150 valence electrons. The van der Waals surface area contributed by atoms with Crippen molar-refractivity contribution in [2.45, 2.75) is 38.7 Å². The van der Waals surface area contributed by atoms with Crippen molar-refractivity contribution in [3.63, 3.8) is 0 Å². The number of imidazole rings is 1. The van der Waals surface area contributed by atoms with Gasteiger partial charge in [0.2, 0.25) is 0 Å². The van der Waals surface area contributed by atoms with Gasteiger partial charge in [0.15, 0.2) is 11.5 Å². The van der Waals surface area contributed by atoms with Gasteiger partial charge in [-0.15, -0.1) is 0 Å². The van der Waals surface area contributed by atoms with E-state index in [1.807, 2.05) is 19.9 Å². The van der Waals surface area contributed by atoms with E-state index in [4.69, 9.17) is 5.11 Å². The fourth-order valence-electron chi connectivity index (χ4n) is 3.08. The fourth-order valence-corrected chi connectivity index (χ4v) is 3.08. The Morgan fingerprint density at radius 3 is 2.39 bits per heavy atom. The molecule has 0 aliphatic heterocycles. The maximum Gasteiger partial charge on any atom is 0.280 e. The molecule has 3 rings (SSSR count). The summed E-state index contributed by atoms with van der Waals surface area (Å²) >= 11 is 0. The Bertz CT molecular complexity index is 1060. The number of hydrogen-bond acceptors (Lipinski definition) is 7. The van der Waals surface area contributed by atoms with E-state index in [1.54, 1.807) is 30.1 Å². The Morgan fingerprint density at radius 2 is 1.79 bits per heavy atom. The van der Waals surface area contributed by atoms with Crippen molar-refractivity contribution in [2.24, 2.45) is 7.05 Å². The number of hydrogen-bond donors (Lipinski definition) is 4.